The van der Waals surface area contributed by atoms with Gasteiger partial charge in [0.2, 0.25) is 0 Å². The largest absolute Gasteiger partial charge is 0.175 e. The number of rotatable bonds is 8. The van der Waals surface area contributed by atoms with Crippen molar-refractivity contribution >= 4 is 82.8 Å². The minimum Gasteiger partial charge on any atom is -0.175 e. The molecule has 0 N–H and O–H groups in total. The summed E-state index contributed by atoms with van der Waals surface area (Å²) in [5.74, 6) is 2.79. The molecule has 0 atom stereocenters. The highest BCUT2D eigenvalue weighted by Crippen LogP contribution is 2.53. The fourth-order valence-electron chi connectivity index (χ4n) is 7.43. The first-order chi connectivity index (χ1) is 24.6. The lowest BCUT2D eigenvalue weighted by molar-refractivity contribution is 1.42. The number of thiol groups is 4. The van der Waals surface area contributed by atoms with Gasteiger partial charge in [0, 0.05) is 23.0 Å². The minimum absolute atomic E-state index is 0.697. The summed E-state index contributed by atoms with van der Waals surface area (Å²) in [7, 11) is 0. The summed E-state index contributed by atoms with van der Waals surface area (Å²) < 4.78 is 0. The van der Waals surface area contributed by atoms with E-state index in [4.69, 9.17) is 0 Å². The molecule has 8 aromatic carbocycles. The van der Waals surface area contributed by atoms with E-state index in [0.29, 0.717) is 23.0 Å². The maximum Gasteiger partial charge on any atom is 0.0154 e. The molecular weight excluding hydrogens is 681 g/mol. The van der Waals surface area contributed by atoms with E-state index < -0.39 is 0 Å². The van der Waals surface area contributed by atoms with Gasteiger partial charge in [-0.25, -0.2) is 0 Å². The summed E-state index contributed by atoms with van der Waals surface area (Å²) in [6.07, 6.45) is 0. The maximum absolute atomic E-state index is 4.59. The van der Waals surface area contributed by atoms with Crippen molar-refractivity contribution in [2.75, 3.05) is 0 Å². The van der Waals surface area contributed by atoms with Crippen LogP contribution >= 0.6 is 50.5 Å². The third-order valence-corrected chi connectivity index (χ3v) is 11.3. The molecule has 0 saturated heterocycles. The predicted molar refractivity (Wildman–Crippen MR) is 231 cm³/mol. The van der Waals surface area contributed by atoms with Crippen LogP contribution in [0, 0.1) is 0 Å². The van der Waals surface area contributed by atoms with Gasteiger partial charge >= 0.3 is 0 Å². The third kappa shape index (κ3) is 5.82. The van der Waals surface area contributed by atoms with E-state index in [0.717, 1.165) is 0 Å². The Hall–Kier alpha value is -4.06. The first kappa shape index (κ1) is 33.1. The summed E-state index contributed by atoms with van der Waals surface area (Å²) in [6.45, 7) is 0. The van der Waals surface area contributed by atoms with Gasteiger partial charge in [-0.05, 0) is 99.1 Å². The molecule has 244 valence electrons. The highest BCUT2D eigenvalue weighted by Gasteiger charge is 2.26. The number of hydrogen-bond donors (Lipinski definition) is 4. The van der Waals surface area contributed by atoms with Gasteiger partial charge in [0.05, 0.1) is 0 Å². The quantitative estimate of drug-likeness (QED) is 0.0873. The molecule has 0 bridgehead atoms. The number of fused-ring (bicyclic) bond motifs is 3. The van der Waals surface area contributed by atoms with Gasteiger partial charge in [-0.2, -0.15) is 50.5 Å². The number of benzene rings is 8. The van der Waals surface area contributed by atoms with E-state index in [2.05, 4.69) is 196 Å². The average molecular weight is 717 g/mol. The van der Waals surface area contributed by atoms with E-state index in [-0.39, 0.29) is 0 Å². The normalized spacial score (nSPS) is 11.5. The fraction of sp³-hybridized carbons (Fsp3) is 0.0870. The molecule has 0 radical (unpaired) electrons. The zero-order valence-corrected chi connectivity index (χ0v) is 31.1. The van der Waals surface area contributed by atoms with E-state index >= 15 is 0 Å². The third-order valence-electron chi connectivity index (χ3n) is 9.88. The minimum atomic E-state index is 0.697. The second kappa shape index (κ2) is 14.3. The van der Waals surface area contributed by atoms with Crippen LogP contribution in [0.15, 0.2) is 146 Å². The molecule has 0 aromatic heterocycles. The Morgan fingerprint density at radius 2 is 0.460 bits per heavy atom. The molecule has 0 heterocycles. The van der Waals surface area contributed by atoms with Gasteiger partial charge in [-0.15, -0.1) is 0 Å². The van der Waals surface area contributed by atoms with E-state index in [1.165, 1.54) is 99.1 Å². The Balaban J connectivity index is 1.68. The van der Waals surface area contributed by atoms with Crippen LogP contribution in [0.1, 0.15) is 22.3 Å². The van der Waals surface area contributed by atoms with E-state index in [9.17, 15) is 0 Å². The summed E-state index contributed by atoms with van der Waals surface area (Å²) in [6, 6.07) is 53.8. The van der Waals surface area contributed by atoms with Crippen molar-refractivity contribution < 1.29 is 0 Å². The topological polar surface area (TPSA) is 0 Å². The number of hydrogen-bond acceptors (Lipinski definition) is 4. The molecular formula is C46H36S4. The molecule has 0 spiro atoms. The molecule has 8 rings (SSSR count). The smallest absolute Gasteiger partial charge is 0.0154 e. The second-order valence-electron chi connectivity index (χ2n) is 12.8. The second-order valence-corrected chi connectivity index (χ2v) is 14.0. The Morgan fingerprint density at radius 1 is 0.260 bits per heavy atom. The molecule has 0 unspecified atom stereocenters. The summed E-state index contributed by atoms with van der Waals surface area (Å²) in [5.41, 5.74) is 14.5. The van der Waals surface area contributed by atoms with Crippen LogP contribution in [0.4, 0.5) is 0 Å². The first-order valence-corrected chi connectivity index (χ1v) is 19.4. The van der Waals surface area contributed by atoms with Gasteiger partial charge in [0.1, 0.15) is 0 Å². The molecule has 0 aliphatic heterocycles. The molecule has 8 aromatic rings. The molecule has 0 aliphatic carbocycles. The Kier molecular flexibility index (Phi) is 9.46. The zero-order valence-electron chi connectivity index (χ0n) is 27.5. The SMILES string of the molecule is SCc1ccc(-c2c3ccccc3c(-c3ccc(CS)cc3)c3c(-c4ccc(CS)cc4)c4ccccc4c(-c4ccc(CS)cc4)c23)cc1. The summed E-state index contributed by atoms with van der Waals surface area (Å²) >= 11 is 18.4. The highest BCUT2D eigenvalue weighted by molar-refractivity contribution is 7.79. The Morgan fingerprint density at radius 3 is 0.640 bits per heavy atom. The van der Waals surface area contributed by atoms with E-state index in [1.54, 1.807) is 0 Å². The Labute approximate surface area is 316 Å². The van der Waals surface area contributed by atoms with Crippen LogP contribution in [-0.2, 0) is 23.0 Å². The lowest BCUT2D eigenvalue weighted by atomic mass is 9.77. The summed E-state index contributed by atoms with van der Waals surface area (Å²) in [5, 5.41) is 7.42. The van der Waals surface area contributed by atoms with Gasteiger partial charge in [0.15, 0.2) is 0 Å². The molecule has 0 fully saturated rings. The van der Waals surface area contributed by atoms with Crippen LogP contribution < -0.4 is 0 Å². The van der Waals surface area contributed by atoms with Gasteiger partial charge in [-0.3, -0.25) is 0 Å². The Bertz CT molecular complexity index is 2130. The van der Waals surface area contributed by atoms with Crippen molar-refractivity contribution in [3.63, 3.8) is 0 Å². The lowest BCUT2D eigenvalue weighted by Gasteiger charge is -2.25. The molecule has 50 heavy (non-hydrogen) atoms. The molecule has 0 aliphatic rings. The monoisotopic (exact) mass is 716 g/mol. The zero-order chi connectivity index (χ0) is 34.2. The summed E-state index contributed by atoms with van der Waals surface area (Å²) in [4.78, 5) is 0. The first-order valence-electron chi connectivity index (χ1n) is 16.9. The average Bonchev–Trinajstić information content (AvgIpc) is 3.19. The lowest BCUT2D eigenvalue weighted by Crippen LogP contribution is -1.98. The fourth-order valence-corrected chi connectivity index (χ4v) is 8.28. The van der Waals surface area contributed by atoms with Crippen LogP contribution in [0.2, 0.25) is 0 Å². The van der Waals surface area contributed by atoms with Gasteiger partial charge in [-0.1, -0.05) is 146 Å². The van der Waals surface area contributed by atoms with Crippen molar-refractivity contribution in [1.29, 1.82) is 0 Å². The van der Waals surface area contributed by atoms with Crippen molar-refractivity contribution in [3.05, 3.63) is 168 Å². The van der Waals surface area contributed by atoms with Crippen molar-refractivity contribution in [2.24, 2.45) is 0 Å². The van der Waals surface area contributed by atoms with Crippen LogP contribution in [0.3, 0.4) is 0 Å². The van der Waals surface area contributed by atoms with Crippen molar-refractivity contribution in [3.8, 4) is 44.5 Å². The van der Waals surface area contributed by atoms with Crippen molar-refractivity contribution in [1.82, 2.24) is 0 Å². The predicted octanol–water partition coefficient (Wildman–Crippen LogP) is 13.5. The molecule has 0 saturated carbocycles. The molecule has 0 amide bonds. The maximum atomic E-state index is 4.59. The van der Waals surface area contributed by atoms with Gasteiger partial charge in [0.25, 0.3) is 0 Å². The van der Waals surface area contributed by atoms with Crippen LogP contribution in [0.5, 0.6) is 0 Å². The molecule has 4 heteroatoms. The van der Waals surface area contributed by atoms with Crippen molar-refractivity contribution in [2.45, 2.75) is 23.0 Å². The van der Waals surface area contributed by atoms with Crippen LogP contribution in [-0.4, -0.2) is 0 Å². The molecule has 0 nitrogen and oxygen atoms in total. The van der Waals surface area contributed by atoms with E-state index in [1.807, 2.05) is 0 Å². The van der Waals surface area contributed by atoms with Crippen LogP contribution in [0.25, 0.3) is 76.8 Å². The highest BCUT2D eigenvalue weighted by atomic mass is 32.1. The standard InChI is InChI=1S/C46H36S4/c47-25-29-9-17-33(18-10-29)41-37-5-1-2-6-38(37)42(34-19-11-30(26-48)12-20-34)46-44(36-23-15-32(28-50)16-24-36)40-8-4-3-7-39(40)43(45(41)46)35-21-13-31(27-49)14-22-35/h1-24,47-50H,25-28H2. The van der Waals surface area contributed by atoms with Gasteiger partial charge < -0.3 is 0 Å².